The van der Waals surface area contributed by atoms with Gasteiger partial charge in [0, 0.05) is 34.4 Å². The number of halogens is 2. The fourth-order valence-electron chi connectivity index (χ4n) is 2.93. The Morgan fingerprint density at radius 1 is 1.22 bits per heavy atom. The molecular weight excluding hydrogens is 363 g/mol. The number of aromatic nitrogens is 3. The Bertz CT molecular complexity index is 1020. The van der Waals surface area contributed by atoms with E-state index < -0.39 is 0 Å². The van der Waals surface area contributed by atoms with E-state index in [1.54, 1.807) is 19.3 Å². The fraction of sp³-hybridized carbons (Fsp3) is 0.286. The minimum Gasteiger partial charge on any atom is -0.344 e. The molecule has 0 bridgehead atoms. The van der Waals surface area contributed by atoms with Crippen molar-refractivity contribution in [1.82, 2.24) is 15.0 Å². The third-order valence-electron chi connectivity index (χ3n) is 4.15. The van der Waals surface area contributed by atoms with E-state index in [9.17, 15) is 4.39 Å². The van der Waals surface area contributed by atoms with Crippen molar-refractivity contribution in [1.29, 1.82) is 0 Å². The first-order chi connectivity index (χ1) is 12.6. The van der Waals surface area contributed by atoms with E-state index in [1.165, 1.54) is 6.20 Å². The van der Waals surface area contributed by atoms with Crippen LogP contribution in [0.1, 0.15) is 32.8 Å². The Balaban J connectivity index is 1.96. The summed E-state index contributed by atoms with van der Waals surface area (Å²) in [5.74, 6) is 0.289. The lowest BCUT2D eigenvalue weighted by Gasteiger charge is -2.20. The Hall–Kier alpha value is -2.53. The summed E-state index contributed by atoms with van der Waals surface area (Å²) in [6.45, 7) is 12.2. The number of rotatable bonds is 4. The molecule has 0 fully saturated rings. The van der Waals surface area contributed by atoms with E-state index in [4.69, 9.17) is 11.6 Å². The van der Waals surface area contributed by atoms with E-state index in [-0.39, 0.29) is 11.2 Å². The van der Waals surface area contributed by atoms with Gasteiger partial charge in [0.2, 0.25) is 0 Å². The number of allylic oxidation sites excluding steroid dienone is 1. The predicted molar refractivity (Wildman–Crippen MR) is 109 cm³/mol. The van der Waals surface area contributed by atoms with Crippen molar-refractivity contribution >= 4 is 28.2 Å². The molecule has 3 heterocycles. The molecule has 3 rings (SSSR count). The average Bonchev–Trinajstić information content (AvgIpc) is 2.56. The van der Waals surface area contributed by atoms with Crippen LogP contribution in [-0.2, 0) is 0 Å². The highest BCUT2D eigenvalue weighted by Crippen LogP contribution is 2.31. The number of anilines is 1. The number of pyridine rings is 3. The maximum Gasteiger partial charge on any atom is 0.145 e. The smallest absolute Gasteiger partial charge is 0.145 e. The maximum absolute atomic E-state index is 13.8. The van der Waals surface area contributed by atoms with Crippen LogP contribution in [0.15, 0.2) is 43.0 Å². The second-order valence-electron chi connectivity index (χ2n) is 7.85. The largest absolute Gasteiger partial charge is 0.344 e. The van der Waals surface area contributed by atoms with Crippen LogP contribution in [0.2, 0.25) is 5.15 Å². The molecule has 1 N–H and O–H groups in total. The summed E-state index contributed by atoms with van der Waals surface area (Å²) in [6, 6.07) is 3.68. The molecule has 0 saturated heterocycles. The van der Waals surface area contributed by atoms with Gasteiger partial charge in [0.15, 0.2) is 0 Å². The highest BCUT2D eigenvalue weighted by atomic mass is 35.5. The second kappa shape index (κ2) is 7.24. The molecule has 0 spiro atoms. The molecule has 0 aromatic carbocycles. The molecule has 0 atom stereocenters. The molecule has 0 unspecified atom stereocenters. The summed E-state index contributed by atoms with van der Waals surface area (Å²) < 4.78 is 13.8. The molecule has 3 aromatic heterocycles. The van der Waals surface area contributed by atoms with Gasteiger partial charge < -0.3 is 5.32 Å². The molecular formula is C21H22ClFN4. The summed E-state index contributed by atoms with van der Waals surface area (Å²) in [5, 5.41) is 5.15. The van der Waals surface area contributed by atoms with Gasteiger partial charge in [0.25, 0.3) is 0 Å². The van der Waals surface area contributed by atoms with Crippen LogP contribution in [-0.4, -0.2) is 15.0 Å². The zero-order chi connectivity index (χ0) is 19.8. The topological polar surface area (TPSA) is 50.7 Å². The molecule has 0 saturated carbocycles. The van der Waals surface area contributed by atoms with E-state index in [2.05, 4.69) is 47.6 Å². The first kappa shape index (κ1) is 19.2. The zero-order valence-electron chi connectivity index (χ0n) is 15.9. The van der Waals surface area contributed by atoms with Gasteiger partial charge in [-0.3, -0.25) is 4.98 Å². The summed E-state index contributed by atoms with van der Waals surface area (Å²) in [4.78, 5) is 12.8. The Morgan fingerprint density at radius 3 is 2.67 bits per heavy atom. The highest BCUT2D eigenvalue weighted by molar-refractivity contribution is 6.34. The summed E-state index contributed by atoms with van der Waals surface area (Å²) in [7, 11) is 0. The van der Waals surface area contributed by atoms with Crippen molar-refractivity contribution in [2.75, 3.05) is 5.32 Å². The molecule has 4 nitrogen and oxygen atoms in total. The Kier molecular flexibility index (Phi) is 5.16. The fourth-order valence-corrected chi connectivity index (χ4v) is 3.19. The van der Waals surface area contributed by atoms with Gasteiger partial charge in [0.05, 0.1) is 11.9 Å². The van der Waals surface area contributed by atoms with E-state index >= 15 is 0 Å². The number of nitrogens with one attached hydrogen (secondary N) is 1. The second-order valence-corrected chi connectivity index (χ2v) is 8.21. The monoisotopic (exact) mass is 384 g/mol. The van der Waals surface area contributed by atoms with Gasteiger partial charge in [-0.1, -0.05) is 39.0 Å². The number of hydrogen-bond acceptors (Lipinski definition) is 4. The third-order valence-corrected chi connectivity index (χ3v) is 4.43. The molecule has 0 radical (unpaired) electrons. The van der Waals surface area contributed by atoms with Gasteiger partial charge >= 0.3 is 0 Å². The molecule has 140 valence electrons. The Morgan fingerprint density at radius 2 is 1.96 bits per heavy atom. The van der Waals surface area contributed by atoms with Crippen molar-refractivity contribution < 1.29 is 4.39 Å². The third kappa shape index (κ3) is 4.42. The number of hydrogen-bond donors (Lipinski definition) is 1. The highest BCUT2D eigenvalue weighted by Gasteiger charge is 2.14. The SMILES string of the molecule is C=C(CC(C)(C)C)Nc1cc2c(Cl)nc(-c3cncc(F)c3C)cc2cn1. The molecule has 0 aliphatic carbocycles. The summed E-state index contributed by atoms with van der Waals surface area (Å²) in [5.41, 5.74) is 2.68. The van der Waals surface area contributed by atoms with E-state index in [1.807, 2.05) is 12.1 Å². The van der Waals surface area contributed by atoms with Gasteiger partial charge in [-0.2, -0.15) is 0 Å². The van der Waals surface area contributed by atoms with Crippen molar-refractivity contribution in [2.45, 2.75) is 34.1 Å². The van der Waals surface area contributed by atoms with Crippen LogP contribution in [0.25, 0.3) is 22.0 Å². The minimum atomic E-state index is -0.374. The van der Waals surface area contributed by atoms with Crippen LogP contribution in [0.5, 0.6) is 0 Å². The lowest BCUT2D eigenvalue weighted by atomic mass is 9.91. The van der Waals surface area contributed by atoms with Crippen molar-refractivity contribution in [3.05, 3.63) is 59.5 Å². The van der Waals surface area contributed by atoms with Crippen LogP contribution in [0, 0.1) is 18.2 Å². The van der Waals surface area contributed by atoms with E-state index in [0.29, 0.717) is 27.8 Å². The van der Waals surface area contributed by atoms with Crippen molar-refractivity contribution in [3.63, 3.8) is 0 Å². The van der Waals surface area contributed by atoms with Crippen LogP contribution in [0.4, 0.5) is 10.2 Å². The minimum absolute atomic E-state index is 0.131. The lowest BCUT2D eigenvalue weighted by Crippen LogP contribution is -2.11. The lowest BCUT2D eigenvalue weighted by molar-refractivity contribution is 0.411. The first-order valence-electron chi connectivity index (χ1n) is 8.65. The van der Waals surface area contributed by atoms with Gasteiger partial charge in [0.1, 0.15) is 16.8 Å². The van der Waals surface area contributed by atoms with Crippen molar-refractivity contribution in [3.8, 4) is 11.3 Å². The van der Waals surface area contributed by atoms with Gasteiger partial charge in [-0.25, -0.2) is 14.4 Å². The molecule has 6 heteroatoms. The van der Waals surface area contributed by atoms with Crippen LogP contribution in [0.3, 0.4) is 0 Å². The zero-order valence-corrected chi connectivity index (χ0v) is 16.7. The average molecular weight is 385 g/mol. The first-order valence-corrected chi connectivity index (χ1v) is 9.03. The van der Waals surface area contributed by atoms with Crippen LogP contribution >= 0.6 is 11.6 Å². The van der Waals surface area contributed by atoms with Gasteiger partial charge in [-0.15, -0.1) is 0 Å². The van der Waals surface area contributed by atoms with E-state index in [0.717, 1.165) is 22.9 Å². The normalized spacial score (nSPS) is 11.6. The van der Waals surface area contributed by atoms with Gasteiger partial charge in [-0.05, 0) is 36.5 Å². The summed E-state index contributed by atoms with van der Waals surface area (Å²) >= 11 is 6.42. The Labute approximate surface area is 163 Å². The molecule has 27 heavy (non-hydrogen) atoms. The summed E-state index contributed by atoms with van der Waals surface area (Å²) in [6.07, 6.45) is 5.32. The van der Waals surface area contributed by atoms with Crippen molar-refractivity contribution in [2.24, 2.45) is 5.41 Å². The van der Waals surface area contributed by atoms with Crippen LogP contribution < -0.4 is 5.32 Å². The molecule has 3 aromatic rings. The quantitative estimate of drug-likeness (QED) is 0.547. The molecule has 0 aliphatic rings. The number of fused-ring (bicyclic) bond motifs is 1. The standard InChI is InChI=1S/C21H22ClFN4/c1-12(8-21(3,4)5)26-19-7-15-14(9-25-19)6-18(27-20(15)22)16-10-24-11-17(23)13(16)2/h6-7,9-11H,1,8H2,2-5H3,(H,25,26). The maximum atomic E-state index is 13.8. The predicted octanol–water partition coefficient (Wildman–Crippen LogP) is 6.15. The number of nitrogens with zero attached hydrogens (tertiary/aromatic N) is 3. The molecule has 0 amide bonds. The molecule has 0 aliphatic heterocycles.